The molecule has 0 saturated heterocycles. The van der Waals surface area contributed by atoms with E-state index in [1.807, 2.05) is 30.3 Å². The van der Waals surface area contributed by atoms with Gasteiger partial charge in [-0.3, -0.25) is 4.79 Å². The summed E-state index contributed by atoms with van der Waals surface area (Å²) in [4.78, 5) is 16.3. The second-order valence-corrected chi connectivity index (χ2v) is 6.34. The zero-order valence-electron chi connectivity index (χ0n) is 14.9. The minimum Gasteiger partial charge on any atom is -0.437 e. The van der Waals surface area contributed by atoms with Crippen LogP contribution in [0.3, 0.4) is 0 Å². The molecule has 1 heterocycles. The Morgan fingerprint density at radius 3 is 2.61 bits per heavy atom. The highest BCUT2D eigenvalue weighted by molar-refractivity contribution is 6.01. The molecule has 1 aromatic heterocycles. The first-order valence-electron chi connectivity index (χ1n) is 8.65. The number of nitrogens with zero attached hydrogens (tertiary/aromatic N) is 1. The van der Waals surface area contributed by atoms with Crippen molar-refractivity contribution in [3.8, 4) is 11.1 Å². The van der Waals surface area contributed by atoms with Gasteiger partial charge < -0.3 is 4.42 Å². The van der Waals surface area contributed by atoms with Gasteiger partial charge in [0.25, 0.3) is 0 Å². The van der Waals surface area contributed by atoms with E-state index in [-0.39, 0.29) is 11.3 Å². The molecule has 0 bridgehead atoms. The summed E-state index contributed by atoms with van der Waals surface area (Å²) < 4.78 is 32.4. The fourth-order valence-electron chi connectivity index (χ4n) is 3.02. The van der Waals surface area contributed by atoms with Crippen LogP contribution in [-0.2, 0) is 0 Å². The van der Waals surface area contributed by atoms with Crippen LogP contribution >= 0.6 is 0 Å². The molecule has 28 heavy (non-hydrogen) atoms. The quantitative estimate of drug-likeness (QED) is 0.402. The number of halogens is 2. The van der Waals surface area contributed by atoms with Crippen LogP contribution in [0.5, 0.6) is 0 Å². The van der Waals surface area contributed by atoms with Crippen molar-refractivity contribution in [2.75, 3.05) is 0 Å². The molecule has 4 aromatic rings. The van der Waals surface area contributed by atoms with Crippen molar-refractivity contribution in [3.63, 3.8) is 0 Å². The highest BCUT2D eigenvalue weighted by atomic mass is 19.1. The van der Waals surface area contributed by atoms with Gasteiger partial charge in [0.05, 0.1) is 0 Å². The zero-order chi connectivity index (χ0) is 19.7. The Morgan fingerprint density at radius 2 is 1.82 bits per heavy atom. The van der Waals surface area contributed by atoms with E-state index in [1.54, 1.807) is 12.1 Å². The van der Waals surface area contributed by atoms with Gasteiger partial charge in [0.1, 0.15) is 17.2 Å². The maximum absolute atomic E-state index is 13.7. The largest absolute Gasteiger partial charge is 0.437 e. The molecule has 0 aliphatic heterocycles. The van der Waals surface area contributed by atoms with Gasteiger partial charge in [-0.2, -0.15) is 0 Å². The third-order valence-electron chi connectivity index (χ3n) is 4.39. The highest BCUT2D eigenvalue weighted by Gasteiger charge is 2.11. The Kier molecular flexibility index (Phi) is 4.57. The molecule has 0 radical (unpaired) electrons. The molecule has 0 unspecified atom stereocenters. The SMILES string of the molecule is CC(=O)c1ccccc1-c1ccc2oc(/C=C/c3ccc(F)cc3F)nc2c1. The summed E-state index contributed by atoms with van der Waals surface area (Å²) in [6.45, 7) is 1.53. The first-order chi connectivity index (χ1) is 13.5. The molecule has 0 amide bonds. The lowest BCUT2D eigenvalue weighted by molar-refractivity contribution is 0.101. The van der Waals surface area contributed by atoms with E-state index in [4.69, 9.17) is 4.42 Å². The van der Waals surface area contributed by atoms with Crippen LogP contribution in [0.15, 0.2) is 65.1 Å². The maximum atomic E-state index is 13.7. The van der Waals surface area contributed by atoms with E-state index in [0.29, 0.717) is 22.6 Å². The summed E-state index contributed by atoms with van der Waals surface area (Å²) in [7, 11) is 0. The van der Waals surface area contributed by atoms with Gasteiger partial charge >= 0.3 is 0 Å². The number of oxazole rings is 1. The predicted octanol–water partition coefficient (Wildman–Crippen LogP) is 6.15. The second-order valence-electron chi connectivity index (χ2n) is 6.34. The fourth-order valence-corrected chi connectivity index (χ4v) is 3.02. The van der Waals surface area contributed by atoms with Crippen LogP contribution in [0.4, 0.5) is 8.78 Å². The Labute approximate surface area is 160 Å². The molecule has 138 valence electrons. The zero-order valence-corrected chi connectivity index (χ0v) is 14.9. The maximum Gasteiger partial charge on any atom is 0.220 e. The van der Waals surface area contributed by atoms with Crippen LogP contribution < -0.4 is 0 Å². The summed E-state index contributed by atoms with van der Waals surface area (Å²) in [6.07, 6.45) is 3.00. The molecule has 0 spiro atoms. The fraction of sp³-hybridized carbons (Fsp3) is 0.0435. The molecule has 5 heteroatoms. The summed E-state index contributed by atoms with van der Waals surface area (Å²) >= 11 is 0. The molecule has 0 N–H and O–H groups in total. The van der Waals surface area contributed by atoms with Crippen LogP contribution in [0.25, 0.3) is 34.4 Å². The average molecular weight is 375 g/mol. The Bertz CT molecular complexity index is 1220. The molecule has 0 atom stereocenters. The van der Waals surface area contributed by atoms with Crippen LogP contribution in [0, 0.1) is 11.6 Å². The first-order valence-corrected chi connectivity index (χ1v) is 8.65. The van der Waals surface area contributed by atoms with E-state index >= 15 is 0 Å². The van der Waals surface area contributed by atoms with Crippen molar-refractivity contribution < 1.29 is 18.0 Å². The normalized spacial score (nSPS) is 11.4. The monoisotopic (exact) mass is 375 g/mol. The average Bonchev–Trinajstić information content (AvgIpc) is 3.09. The highest BCUT2D eigenvalue weighted by Crippen LogP contribution is 2.28. The number of rotatable bonds is 4. The first kappa shape index (κ1) is 17.8. The molecule has 0 aliphatic carbocycles. The number of aromatic nitrogens is 1. The summed E-state index contributed by atoms with van der Waals surface area (Å²) in [6, 6.07) is 16.2. The molecule has 0 saturated carbocycles. The van der Waals surface area contributed by atoms with Crippen LogP contribution in [0.2, 0.25) is 0 Å². The van der Waals surface area contributed by atoms with Crippen molar-refractivity contribution in [1.82, 2.24) is 4.98 Å². The standard InChI is InChI=1S/C23H15F2NO2/c1-14(27)18-4-2-3-5-19(18)16-7-10-22-21(12-16)26-23(28-22)11-8-15-6-9-17(24)13-20(15)25/h2-13H,1H3/b11-8+. The lowest BCUT2D eigenvalue weighted by Crippen LogP contribution is -1.95. The van der Waals surface area contributed by atoms with Crippen molar-refractivity contribution in [2.45, 2.75) is 6.92 Å². The summed E-state index contributed by atoms with van der Waals surface area (Å²) in [5.74, 6) is -0.998. The van der Waals surface area contributed by atoms with Crippen molar-refractivity contribution in [1.29, 1.82) is 0 Å². The molecule has 4 rings (SSSR count). The van der Waals surface area contributed by atoms with E-state index in [2.05, 4.69) is 4.98 Å². The van der Waals surface area contributed by atoms with E-state index < -0.39 is 11.6 Å². The minimum absolute atomic E-state index is 0.0132. The minimum atomic E-state index is -0.657. The Hall–Kier alpha value is -3.60. The number of ketones is 1. The van der Waals surface area contributed by atoms with Gasteiger partial charge in [-0.05, 0) is 48.4 Å². The smallest absolute Gasteiger partial charge is 0.220 e. The van der Waals surface area contributed by atoms with Gasteiger partial charge in [-0.1, -0.05) is 30.3 Å². The molecule has 0 fully saturated rings. The number of carbonyl (C=O) groups is 1. The molecular weight excluding hydrogens is 360 g/mol. The number of benzene rings is 3. The molecular formula is C23H15F2NO2. The van der Waals surface area contributed by atoms with Gasteiger partial charge in [0.2, 0.25) is 5.89 Å². The second kappa shape index (κ2) is 7.19. The topological polar surface area (TPSA) is 43.1 Å². The van der Waals surface area contributed by atoms with E-state index in [9.17, 15) is 13.6 Å². The van der Waals surface area contributed by atoms with Gasteiger partial charge in [-0.15, -0.1) is 0 Å². The predicted molar refractivity (Wildman–Crippen MR) is 105 cm³/mol. The third-order valence-corrected chi connectivity index (χ3v) is 4.39. The molecule has 3 nitrogen and oxygen atoms in total. The Morgan fingerprint density at radius 1 is 1.00 bits per heavy atom. The van der Waals surface area contributed by atoms with E-state index in [0.717, 1.165) is 17.2 Å². The third kappa shape index (κ3) is 3.47. The molecule has 0 aliphatic rings. The summed E-state index contributed by atoms with van der Waals surface area (Å²) in [5.41, 5.74) is 3.74. The van der Waals surface area contributed by atoms with Crippen molar-refractivity contribution in [3.05, 3.63) is 89.3 Å². The van der Waals surface area contributed by atoms with Gasteiger partial charge in [0.15, 0.2) is 11.4 Å². The van der Waals surface area contributed by atoms with Crippen LogP contribution in [-0.4, -0.2) is 10.8 Å². The molecule has 3 aromatic carbocycles. The van der Waals surface area contributed by atoms with Gasteiger partial charge in [-0.25, -0.2) is 13.8 Å². The lowest BCUT2D eigenvalue weighted by Gasteiger charge is -2.06. The number of hydrogen-bond acceptors (Lipinski definition) is 3. The number of Topliss-reactive ketones (excluding diaryl/α,β-unsaturated/α-hetero) is 1. The lowest BCUT2D eigenvalue weighted by atomic mass is 9.97. The van der Waals surface area contributed by atoms with Crippen molar-refractivity contribution in [2.24, 2.45) is 0 Å². The van der Waals surface area contributed by atoms with Crippen LogP contribution in [0.1, 0.15) is 28.7 Å². The van der Waals surface area contributed by atoms with Crippen molar-refractivity contribution >= 4 is 29.0 Å². The number of hydrogen-bond donors (Lipinski definition) is 0. The van der Waals surface area contributed by atoms with Gasteiger partial charge in [0, 0.05) is 23.3 Å². The Balaban J connectivity index is 1.69. The number of fused-ring (bicyclic) bond motifs is 1. The number of carbonyl (C=O) groups excluding carboxylic acids is 1. The summed E-state index contributed by atoms with van der Waals surface area (Å²) in [5, 5.41) is 0. The van der Waals surface area contributed by atoms with E-state index in [1.165, 1.54) is 31.2 Å².